The Balaban J connectivity index is 1.66. The fraction of sp³-hybridized carbons (Fsp3) is 0.294. The molecule has 1 saturated carbocycles. The topological polar surface area (TPSA) is 54.0 Å². The van der Waals surface area contributed by atoms with E-state index in [1.165, 1.54) is 0 Å². The Morgan fingerprint density at radius 3 is 2.71 bits per heavy atom. The Bertz CT molecular complexity index is 623. The molecule has 0 saturated heterocycles. The summed E-state index contributed by atoms with van der Waals surface area (Å²) in [5, 5.41) is 6.37. The van der Waals surface area contributed by atoms with Gasteiger partial charge in [0, 0.05) is 23.5 Å². The minimum Gasteiger partial charge on any atom is -0.377 e. The van der Waals surface area contributed by atoms with E-state index in [4.69, 9.17) is 0 Å². The molecule has 1 heterocycles. The van der Waals surface area contributed by atoms with Gasteiger partial charge in [0.1, 0.15) is 0 Å². The van der Waals surface area contributed by atoms with Crippen LogP contribution >= 0.6 is 0 Å². The number of aromatic nitrogens is 1. The second-order valence-electron chi connectivity index (χ2n) is 5.46. The largest absolute Gasteiger partial charge is 0.377 e. The first-order valence-electron chi connectivity index (χ1n) is 7.31. The molecule has 21 heavy (non-hydrogen) atoms. The normalized spacial score (nSPS) is 15.3. The Labute approximate surface area is 124 Å². The van der Waals surface area contributed by atoms with Gasteiger partial charge in [-0.05, 0) is 50.1 Å². The molecule has 2 aromatic rings. The lowest BCUT2D eigenvalue weighted by atomic mass is 10.2. The van der Waals surface area contributed by atoms with Crippen LogP contribution in [0.1, 0.15) is 31.5 Å². The van der Waals surface area contributed by atoms with Crippen LogP contribution in [0.25, 0.3) is 0 Å². The predicted octanol–water partition coefficient (Wildman–Crippen LogP) is 3.60. The number of hydrogen-bond acceptors (Lipinski definition) is 3. The molecular weight excluding hydrogens is 262 g/mol. The van der Waals surface area contributed by atoms with E-state index in [-0.39, 0.29) is 17.9 Å². The van der Waals surface area contributed by atoms with E-state index in [1.54, 1.807) is 6.20 Å². The molecule has 1 atom stereocenters. The Hall–Kier alpha value is -2.36. The summed E-state index contributed by atoms with van der Waals surface area (Å²) in [6, 6.07) is 13.8. The molecule has 1 fully saturated rings. The van der Waals surface area contributed by atoms with Crippen molar-refractivity contribution in [2.75, 3.05) is 10.6 Å². The summed E-state index contributed by atoms with van der Waals surface area (Å²) < 4.78 is 0. The minimum absolute atomic E-state index is 0.112. The zero-order valence-corrected chi connectivity index (χ0v) is 12.0. The molecule has 1 aromatic heterocycles. The minimum atomic E-state index is 0.112. The van der Waals surface area contributed by atoms with Gasteiger partial charge in [0.2, 0.25) is 5.91 Å². The molecule has 4 nitrogen and oxygen atoms in total. The molecule has 0 bridgehead atoms. The molecule has 1 amide bonds. The molecule has 0 radical (unpaired) electrons. The molecular formula is C17H19N3O. The average Bonchev–Trinajstić information content (AvgIpc) is 3.33. The van der Waals surface area contributed by atoms with Gasteiger partial charge < -0.3 is 10.6 Å². The smallest absolute Gasteiger partial charge is 0.227 e. The monoisotopic (exact) mass is 281 g/mol. The number of carbonyl (C=O) groups is 1. The summed E-state index contributed by atoms with van der Waals surface area (Å²) in [5.41, 5.74) is 2.80. The summed E-state index contributed by atoms with van der Waals surface area (Å²) in [4.78, 5) is 16.1. The third kappa shape index (κ3) is 3.60. The molecule has 2 N–H and O–H groups in total. The van der Waals surface area contributed by atoms with E-state index in [9.17, 15) is 4.79 Å². The summed E-state index contributed by atoms with van der Waals surface area (Å²) in [5.74, 6) is 0.346. The standard InChI is InChI=1S/C17H19N3O/c1-12(16-7-2-3-10-18-16)19-14-5-4-6-15(11-14)20-17(21)13-8-9-13/h2-7,10-13,19H,8-9H2,1H3,(H,20,21). The van der Waals surface area contributed by atoms with Crippen LogP contribution < -0.4 is 10.6 Å². The number of pyridine rings is 1. The van der Waals surface area contributed by atoms with Crippen LogP contribution in [0.2, 0.25) is 0 Å². The molecule has 1 aromatic carbocycles. The molecule has 0 aliphatic heterocycles. The number of rotatable bonds is 5. The number of nitrogens with zero attached hydrogens (tertiary/aromatic N) is 1. The van der Waals surface area contributed by atoms with Gasteiger partial charge in [0.15, 0.2) is 0 Å². The fourth-order valence-corrected chi connectivity index (χ4v) is 2.23. The Morgan fingerprint density at radius 2 is 2.00 bits per heavy atom. The van der Waals surface area contributed by atoms with E-state index >= 15 is 0 Å². The van der Waals surface area contributed by atoms with E-state index in [0.29, 0.717) is 0 Å². The van der Waals surface area contributed by atoms with Crippen molar-refractivity contribution in [2.24, 2.45) is 5.92 Å². The number of hydrogen-bond donors (Lipinski definition) is 2. The maximum Gasteiger partial charge on any atom is 0.227 e. The highest BCUT2D eigenvalue weighted by atomic mass is 16.2. The summed E-state index contributed by atoms with van der Waals surface area (Å²) in [7, 11) is 0. The van der Waals surface area contributed by atoms with Crippen LogP contribution in [-0.2, 0) is 4.79 Å². The number of carbonyl (C=O) groups excluding carboxylic acids is 1. The number of nitrogens with one attached hydrogen (secondary N) is 2. The predicted molar refractivity (Wildman–Crippen MR) is 84.1 cm³/mol. The zero-order chi connectivity index (χ0) is 14.7. The molecule has 4 heteroatoms. The highest BCUT2D eigenvalue weighted by molar-refractivity contribution is 5.94. The maximum absolute atomic E-state index is 11.8. The van der Waals surface area contributed by atoms with Crippen molar-refractivity contribution in [3.63, 3.8) is 0 Å². The van der Waals surface area contributed by atoms with Gasteiger partial charge in [-0.2, -0.15) is 0 Å². The van der Waals surface area contributed by atoms with Gasteiger partial charge >= 0.3 is 0 Å². The van der Waals surface area contributed by atoms with Crippen LogP contribution in [0, 0.1) is 5.92 Å². The molecule has 108 valence electrons. The highest BCUT2D eigenvalue weighted by Gasteiger charge is 2.29. The summed E-state index contributed by atoms with van der Waals surface area (Å²) >= 11 is 0. The first kappa shape index (κ1) is 13.6. The van der Waals surface area contributed by atoms with Gasteiger partial charge in [0.05, 0.1) is 11.7 Å². The van der Waals surface area contributed by atoms with Crippen LogP contribution in [0.15, 0.2) is 48.7 Å². The SMILES string of the molecule is CC(Nc1cccc(NC(=O)C2CC2)c1)c1ccccn1. The van der Waals surface area contributed by atoms with Crippen molar-refractivity contribution >= 4 is 17.3 Å². The summed E-state index contributed by atoms with van der Waals surface area (Å²) in [6.07, 6.45) is 3.82. The number of amides is 1. The molecule has 3 rings (SSSR count). The second-order valence-corrected chi connectivity index (χ2v) is 5.46. The molecule has 0 spiro atoms. The zero-order valence-electron chi connectivity index (χ0n) is 12.0. The van der Waals surface area contributed by atoms with Gasteiger partial charge in [-0.15, -0.1) is 0 Å². The third-order valence-corrected chi connectivity index (χ3v) is 3.59. The lowest BCUT2D eigenvalue weighted by Gasteiger charge is -2.15. The van der Waals surface area contributed by atoms with Crippen LogP contribution in [0.3, 0.4) is 0 Å². The van der Waals surface area contributed by atoms with Crippen molar-refractivity contribution in [2.45, 2.75) is 25.8 Å². The summed E-state index contributed by atoms with van der Waals surface area (Å²) in [6.45, 7) is 2.07. The molecule has 1 aliphatic carbocycles. The Morgan fingerprint density at radius 1 is 1.19 bits per heavy atom. The first-order chi connectivity index (χ1) is 10.2. The first-order valence-corrected chi connectivity index (χ1v) is 7.31. The third-order valence-electron chi connectivity index (χ3n) is 3.59. The second kappa shape index (κ2) is 5.95. The van der Waals surface area contributed by atoms with Crippen molar-refractivity contribution in [3.8, 4) is 0 Å². The molecule has 1 aliphatic rings. The van der Waals surface area contributed by atoms with Gasteiger partial charge in [-0.25, -0.2) is 0 Å². The highest BCUT2D eigenvalue weighted by Crippen LogP contribution is 2.30. The van der Waals surface area contributed by atoms with Crippen LogP contribution in [0.4, 0.5) is 11.4 Å². The van der Waals surface area contributed by atoms with Gasteiger partial charge in [-0.1, -0.05) is 12.1 Å². The van der Waals surface area contributed by atoms with Crippen molar-refractivity contribution in [1.82, 2.24) is 4.98 Å². The molecule has 1 unspecified atom stereocenters. The lowest BCUT2D eigenvalue weighted by Crippen LogP contribution is -2.13. The average molecular weight is 281 g/mol. The van der Waals surface area contributed by atoms with E-state index < -0.39 is 0 Å². The van der Waals surface area contributed by atoms with Crippen molar-refractivity contribution in [1.29, 1.82) is 0 Å². The van der Waals surface area contributed by atoms with E-state index in [0.717, 1.165) is 29.9 Å². The van der Waals surface area contributed by atoms with E-state index in [1.807, 2.05) is 42.5 Å². The van der Waals surface area contributed by atoms with Crippen LogP contribution in [0.5, 0.6) is 0 Å². The number of anilines is 2. The van der Waals surface area contributed by atoms with Crippen molar-refractivity contribution < 1.29 is 4.79 Å². The van der Waals surface area contributed by atoms with Crippen LogP contribution in [-0.4, -0.2) is 10.9 Å². The van der Waals surface area contributed by atoms with Gasteiger partial charge in [-0.3, -0.25) is 9.78 Å². The van der Waals surface area contributed by atoms with Gasteiger partial charge in [0.25, 0.3) is 0 Å². The van der Waals surface area contributed by atoms with Crippen molar-refractivity contribution in [3.05, 3.63) is 54.4 Å². The quantitative estimate of drug-likeness (QED) is 0.880. The lowest BCUT2D eigenvalue weighted by molar-refractivity contribution is -0.117. The Kier molecular flexibility index (Phi) is 3.86. The number of benzene rings is 1. The fourth-order valence-electron chi connectivity index (χ4n) is 2.23. The van der Waals surface area contributed by atoms with E-state index in [2.05, 4.69) is 22.5 Å². The maximum atomic E-state index is 11.8.